The third-order valence-corrected chi connectivity index (χ3v) is 5.07. The van der Waals surface area contributed by atoms with Gasteiger partial charge in [-0.25, -0.2) is 0 Å². The Balaban J connectivity index is 1.45. The molecule has 3 aromatic rings. The van der Waals surface area contributed by atoms with E-state index in [1.807, 2.05) is 48.7 Å². The van der Waals surface area contributed by atoms with Gasteiger partial charge in [0.1, 0.15) is 0 Å². The summed E-state index contributed by atoms with van der Waals surface area (Å²) in [5.74, 6) is 0.847. The molecule has 0 spiro atoms. The maximum Gasteiger partial charge on any atom is 0.224 e. The van der Waals surface area contributed by atoms with E-state index >= 15 is 0 Å². The summed E-state index contributed by atoms with van der Waals surface area (Å²) in [5.41, 5.74) is 3.66. The van der Waals surface area contributed by atoms with Gasteiger partial charge in [0.25, 0.3) is 0 Å². The molecule has 27 heavy (non-hydrogen) atoms. The van der Waals surface area contributed by atoms with Crippen molar-refractivity contribution in [3.8, 4) is 6.07 Å². The second-order valence-corrected chi connectivity index (χ2v) is 7.08. The molecule has 0 saturated carbocycles. The largest absolute Gasteiger partial charge is 0.326 e. The Kier molecular flexibility index (Phi) is 6.61. The molecule has 0 aliphatic heterocycles. The molecule has 4 nitrogen and oxygen atoms in total. The number of nitrogens with zero attached hydrogens (tertiary/aromatic N) is 2. The Morgan fingerprint density at radius 3 is 2.48 bits per heavy atom. The van der Waals surface area contributed by atoms with E-state index in [0.717, 1.165) is 21.9 Å². The van der Waals surface area contributed by atoms with Crippen LogP contribution >= 0.6 is 11.8 Å². The molecule has 1 amide bonds. The molecule has 0 saturated heterocycles. The van der Waals surface area contributed by atoms with Crippen LogP contribution in [-0.2, 0) is 17.0 Å². The number of carbonyl (C=O) groups is 1. The van der Waals surface area contributed by atoms with E-state index in [4.69, 9.17) is 5.26 Å². The number of hydrogen-bond acceptors (Lipinski definition) is 4. The van der Waals surface area contributed by atoms with Crippen molar-refractivity contribution in [3.63, 3.8) is 0 Å². The number of nitrogens with one attached hydrogen (secondary N) is 1. The van der Waals surface area contributed by atoms with Crippen molar-refractivity contribution >= 4 is 23.4 Å². The van der Waals surface area contributed by atoms with E-state index in [-0.39, 0.29) is 5.91 Å². The van der Waals surface area contributed by atoms with Crippen LogP contribution in [0.2, 0.25) is 0 Å². The lowest BCUT2D eigenvalue weighted by atomic mass is 10.1. The summed E-state index contributed by atoms with van der Waals surface area (Å²) in [4.78, 5) is 17.4. The first kappa shape index (κ1) is 18.7. The second kappa shape index (κ2) is 9.56. The van der Waals surface area contributed by atoms with Crippen LogP contribution in [0.25, 0.3) is 0 Å². The highest BCUT2D eigenvalue weighted by molar-refractivity contribution is 7.98. The lowest BCUT2D eigenvalue weighted by Gasteiger charge is -2.07. The van der Waals surface area contributed by atoms with E-state index in [9.17, 15) is 4.79 Å². The zero-order valence-electron chi connectivity index (χ0n) is 14.8. The van der Waals surface area contributed by atoms with Gasteiger partial charge in [0.15, 0.2) is 0 Å². The van der Waals surface area contributed by atoms with E-state index < -0.39 is 0 Å². The van der Waals surface area contributed by atoms with Crippen molar-refractivity contribution in [2.45, 2.75) is 23.5 Å². The number of anilines is 1. The Bertz CT molecular complexity index is 917. The Labute approximate surface area is 163 Å². The first-order valence-electron chi connectivity index (χ1n) is 8.63. The van der Waals surface area contributed by atoms with Crippen LogP contribution in [0.15, 0.2) is 78.0 Å². The van der Waals surface area contributed by atoms with Gasteiger partial charge in [-0.1, -0.05) is 18.2 Å². The predicted octanol–water partition coefficient (Wildman–Crippen LogP) is 4.82. The van der Waals surface area contributed by atoms with Crippen molar-refractivity contribution in [1.29, 1.82) is 5.26 Å². The highest BCUT2D eigenvalue weighted by atomic mass is 32.2. The molecule has 0 aliphatic carbocycles. The first-order valence-corrected chi connectivity index (χ1v) is 9.62. The van der Waals surface area contributed by atoms with Crippen molar-refractivity contribution in [2.75, 3.05) is 5.32 Å². The van der Waals surface area contributed by atoms with E-state index in [1.54, 1.807) is 30.1 Å². The zero-order valence-corrected chi connectivity index (χ0v) is 15.6. The van der Waals surface area contributed by atoms with Gasteiger partial charge in [-0.15, -0.1) is 11.8 Å². The monoisotopic (exact) mass is 373 g/mol. The number of aryl methyl sites for hydroxylation is 1. The topological polar surface area (TPSA) is 65.8 Å². The van der Waals surface area contributed by atoms with Crippen LogP contribution in [0.4, 0.5) is 5.69 Å². The molecule has 2 aromatic carbocycles. The molecule has 0 bridgehead atoms. The van der Waals surface area contributed by atoms with E-state index in [2.05, 4.69) is 22.4 Å². The summed E-state index contributed by atoms with van der Waals surface area (Å²) in [6.45, 7) is 0. The minimum absolute atomic E-state index is 0.0184. The Morgan fingerprint density at radius 2 is 1.81 bits per heavy atom. The number of pyridine rings is 1. The SMILES string of the molecule is N#Cc1ccc(CCC(=O)Nc2ccc(SCc3cccnc3)cc2)cc1. The summed E-state index contributed by atoms with van der Waals surface area (Å²) in [6.07, 6.45) is 4.70. The summed E-state index contributed by atoms with van der Waals surface area (Å²) in [7, 11) is 0. The number of hydrogen-bond donors (Lipinski definition) is 1. The number of rotatable bonds is 7. The van der Waals surface area contributed by atoms with Gasteiger partial charge in [-0.05, 0) is 60.0 Å². The minimum atomic E-state index is -0.0184. The number of aromatic nitrogens is 1. The molecule has 3 rings (SSSR count). The van der Waals surface area contributed by atoms with Crippen LogP contribution < -0.4 is 5.32 Å². The number of carbonyl (C=O) groups excluding carboxylic acids is 1. The van der Waals surface area contributed by atoms with Gasteiger partial charge in [-0.3, -0.25) is 9.78 Å². The molecule has 5 heteroatoms. The average molecular weight is 373 g/mol. The molecular weight excluding hydrogens is 354 g/mol. The first-order chi connectivity index (χ1) is 13.2. The summed E-state index contributed by atoms with van der Waals surface area (Å²) < 4.78 is 0. The van der Waals surface area contributed by atoms with Crippen LogP contribution in [-0.4, -0.2) is 10.9 Å². The average Bonchev–Trinajstić information content (AvgIpc) is 2.73. The molecule has 1 aromatic heterocycles. The van der Waals surface area contributed by atoms with Crippen LogP contribution in [0.3, 0.4) is 0 Å². The van der Waals surface area contributed by atoms with Crippen molar-refractivity contribution in [3.05, 3.63) is 89.7 Å². The standard InChI is InChI=1S/C22H19N3OS/c23-14-18-5-3-17(4-6-18)7-12-22(26)25-20-8-10-21(11-9-20)27-16-19-2-1-13-24-15-19/h1-6,8-11,13,15H,7,12,16H2,(H,25,26). The third kappa shape index (κ3) is 5.98. The van der Waals surface area contributed by atoms with Gasteiger partial charge >= 0.3 is 0 Å². The fourth-order valence-corrected chi connectivity index (χ4v) is 3.34. The molecule has 1 heterocycles. The number of amides is 1. The van der Waals surface area contributed by atoms with Gasteiger partial charge in [0.2, 0.25) is 5.91 Å². The normalized spacial score (nSPS) is 10.2. The van der Waals surface area contributed by atoms with E-state index in [1.165, 1.54) is 5.56 Å². The molecular formula is C22H19N3OS. The van der Waals surface area contributed by atoms with Crippen LogP contribution in [0.1, 0.15) is 23.1 Å². The molecule has 0 atom stereocenters. The lowest BCUT2D eigenvalue weighted by Crippen LogP contribution is -2.12. The number of thioether (sulfide) groups is 1. The summed E-state index contributed by atoms with van der Waals surface area (Å²) in [6, 6.07) is 21.3. The third-order valence-electron chi connectivity index (χ3n) is 3.99. The zero-order chi connectivity index (χ0) is 18.9. The van der Waals surface area contributed by atoms with Gasteiger partial charge in [0, 0.05) is 35.2 Å². The summed E-state index contributed by atoms with van der Waals surface area (Å²) in [5, 5.41) is 11.7. The van der Waals surface area contributed by atoms with Gasteiger partial charge < -0.3 is 5.32 Å². The highest BCUT2D eigenvalue weighted by Gasteiger charge is 2.04. The summed E-state index contributed by atoms with van der Waals surface area (Å²) >= 11 is 1.74. The predicted molar refractivity (Wildman–Crippen MR) is 108 cm³/mol. The van der Waals surface area contributed by atoms with Crippen LogP contribution in [0.5, 0.6) is 0 Å². The number of benzene rings is 2. The van der Waals surface area contributed by atoms with Crippen molar-refractivity contribution in [1.82, 2.24) is 4.98 Å². The fourth-order valence-electron chi connectivity index (χ4n) is 2.51. The van der Waals surface area contributed by atoms with Crippen molar-refractivity contribution < 1.29 is 4.79 Å². The second-order valence-electron chi connectivity index (χ2n) is 6.03. The molecule has 0 radical (unpaired) electrons. The van der Waals surface area contributed by atoms with Crippen LogP contribution in [0, 0.1) is 11.3 Å². The molecule has 134 valence electrons. The fraction of sp³-hybridized carbons (Fsp3) is 0.136. The maximum atomic E-state index is 12.1. The quantitative estimate of drug-likeness (QED) is 0.603. The molecule has 0 unspecified atom stereocenters. The minimum Gasteiger partial charge on any atom is -0.326 e. The highest BCUT2D eigenvalue weighted by Crippen LogP contribution is 2.24. The van der Waals surface area contributed by atoms with Crippen molar-refractivity contribution in [2.24, 2.45) is 0 Å². The number of nitriles is 1. The van der Waals surface area contributed by atoms with E-state index in [0.29, 0.717) is 18.4 Å². The maximum absolute atomic E-state index is 12.1. The molecule has 1 N–H and O–H groups in total. The Morgan fingerprint density at radius 1 is 1.04 bits per heavy atom. The van der Waals surface area contributed by atoms with Gasteiger partial charge in [-0.2, -0.15) is 5.26 Å². The molecule has 0 fully saturated rings. The molecule has 0 aliphatic rings. The Hall–Kier alpha value is -3.10. The van der Waals surface area contributed by atoms with Gasteiger partial charge in [0.05, 0.1) is 11.6 Å². The smallest absolute Gasteiger partial charge is 0.224 e. The lowest BCUT2D eigenvalue weighted by molar-refractivity contribution is -0.116.